The molecule has 0 aromatic heterocycles. The number of benzene rings is 1. The molecule has 0 saturated heterocycles. The molecular weight excluding hydrogens is 267 g/mol. The number of hydrogen-bond donors (Lipinski definition) is 1. The van der Waals surface area contributed by atoms with Gasteiger partial charge in [-0.25, -0.2) is 0 Å². The third-order valence-corrected chi connectivity index (χ3v) is 5.00. The van der Waals surface area contributed by atoms with Crippen molar-refractivity contribution in [2.45, 2.75) is 45.1 Å². The number of rotatable bonds is 3. The van der Waals surface area contributed by atoms with Crippen molar-refractivity contribution in [1.82, 2.24) is 0 Å². The monoisotopic (exact) mass is 286 g/mol. The molecule has 1 aliphatic rings. The third kappa shape index (κ3) is 3.20. The minimum Gasteiger partial charge on any atom is -0.393 e. The SMILES string of the molecule is CCC1CCC(O)C(Cc2cccc(Cl)c2Cl)C1. The second-order valence-electron chi connectivity index (χ2n) is 5.33. The van der Waals surface area contributed by atoms with E-state index in [9.17, 15) is 5.11 Å². The summed E-state index contributed by atoms with van der Waals surface area (Å²) >= 11 is 12.2. The van der Waals surface area contributed by atoms with Crippen molar-refractivity contribution in [3.05, 3.63) is 33.8 Å². The summed E-state index contributed by atoms with van der Waals surface area (Å²) < 4.78 is 0. The van der Waals surface area contributed by atoms with Crippen molar-refractivity contribution >= 4 is 23.2 Å². The van der Waals surface area contributed by atoms with Gasteiger partial charge in [-0.15, -0.1) is 0 Å². The lowest BCUT2D eigenvalue weighted by molar-refractivity contribution is 0.0475. The molecular formula is C15H20Cl2O. The molecule has 1 aromatic carbocycles. The highest BCUT2D eigenvalue weighted by Crippen LogP contribution is 2.35. The van der Waals surface area contributed by atoms with Crippen LogP contribution in [0.4, 0.5) is 0 Å². The van der Waals surface area contributed by atoms with E-state index in [1.165, 1.54) is 6.42 Å². The van der Waals surface area contributed by atoms with Gasteiger partial charge >= 0.3 is 0 Å². The average molecular weight is 287 g/mol. The van der Waals surface area contributed by atoms with Gasteiger partial charge in [0.25, 0.3) is 0 Å². The van der Waals surface area contributed by atoms with Crippen molar-refractivity contribution in [2.75, 3.05) is 0 Å². The number of halogens is 2. The second kappa shape index (κ2) is 6.27. The zero-order valence-corrected chi connectivity index (χ0v) is 12.2. The summed E-state index contributed by atoms with van der Waals surface area (Å²) in [5.41, 5.74) is 1.06. The van der Waals surface area contributed by atoms with Crippen LogP contribution in [0.5, 0.6) is 0 Å². The van der Waals surface area contributed by atoms with Gasteiger partial charge in [-0.05, 0) is 49.1 Å². The minimum atomic E-state index is -0.192. The zero-order valence-electron chi connectivity index (χ0n) is 10.7. The molecule has 3 atom stereocenters. The molecule has 0 heterocycles. The first-order valence-corrected chi connectivity index (χ1v) is 7.48. The van der Waals surface area contributed by atoms with E-state index in [-0.39, 0.29) is 6.10 Å². The van der Waals surface area contributed by atoms with Crippen molar-refractivity contribution in [3.8, 4) is 0 Å². The number of aliphatic hydroxyl groups excluding tert-OH is 1. The molecule has 1 N–H and O–H groups in total. The molecule has 0 spiro atoms. The Morgan fingerprint density at radius 3 is 2.78 bits per heavy atom. The highest BCUT2D eigenvalue weighted by atomic mass is 35.5. The number of hydrogen-bond acceptors (Lipinski definition) is 1. The van der Waals surface area contributed by atoms with Gasteiger partial charge in [-0.3, -0.25) is 0 Å². The molecule has 1 aromatic rings. The van der Waals surface area contributed by atoms with Crippen LogP contribution in [0.1, 0.15) is 38.2 Å². The van der Waals surface area contributed by atoms with Crippen molar-refractivity contribution < 1.29 is 5.11 Å². The maximum atomic E-state index is 10.1. The molecule has 18 heavy (non-hydrogen) atoms. The maximum Gasteiger partial charge on any atom is 0.0624 e. The quantitative estimate of drug-likeness (QED) is 0.852. The van der Waals surface area contributed by atoms with Crippen LogP contribution in [0.15, 0.2) is 18.2 Å². The van der Waals surface area contributed by atoms with E-state index >= 15 is 0 Å². The van der Waals surface area contributed by atoms with E-state index in [1.807, 2.05) is 12.1 Å². The van der Waals surface area contributed by atoms with Crippen LogP contribution in [0.25, 0.3) is 0 Å². The van der Waals surface area contributed by atoms with Crippen LogP contribution in [-0.2, 0) is 6.42 Å². The predicted molar refractivity (Wildman–Crippen MR) is 77.3 cm³/mol. The molecule has 1 saturated carbocycles. The molecule has 100 valence electrons. The summed E-state index contributed by atoms with van der Waals surface area (Å²) in [6.45, 7) is 2.23. The molecule has 0 radical (unpaired) electrons. The summed E-state index contributed by atoms with van der Waals surface area (Å²) in [5.74, 6) is 1.07. The largest absolute Gasteiger partial charge is 0.393 e. The van der Waals surface area contributed by atoms with Crippen LogP contribution >= 0.6 is 23.2 Å². The van der Waals surface area contributed by atoms with Gasteiger partial charge in [0.05, 0.1) is 16.1 Å². The fraction of sp³-hybridized carbons (Fsp3) is 0.600. The Morgan fingerprint density at radius 1 is 1.28 bits per heavy atom. The molecule has 1 fully saturated rings. The first-order valence-electron chi connectivity index (χ1n) is 6.72. The lowest BCUT2D eigenvalue weighted by Gasteiger charge is -2.33. The topological polar surface area (TPSA) is 20.2 Å². The van der Waals surface area contributed by atoms with Gasteiger partial charge in [-0.2, -0.15) is 0 Å². The highest BCUT2D eigenvalue weighted by Gasteiger charge is 2.28. The molecule has 1 aliphatic carbocycles. The van der Waals surface area contributed by atoms with E-state index in [0.717, 1.165) is 37.2 Å². The van der Waals surface area contributed by atoms with Gasteiger partial charge in [0.1, 0.15) is 0 Å². The fourth-order valence-corrected chi connectivity index (χ4v) is 3.32. The lowest BCUT2D eigenvalue weighted by atomic mass is 9.76. The molecule has 2 rings (SSSR count). The number of aliphatic hydroxyl groups is 1. The average Bonchev–Trinajstić information content (AvgIpc) is 2.37. The molecule has 3 heteroatoms. The van der Waals surface area contributed by atoms with E-state index in [1.54, 1.807) is 6.07 Å². The molecule has 3 unspecified atom stereocenters. The molecule has 1 nitrogen and oxygen atoms in total. The van der Waals surface area contributed by atoms with E-state index in [4.69, 9.17) is 23.2 Å². The van der Waals surface area contributed by atoms with E-state index in [2.05, 4.69) is 6.92 Å². The third-order valence-electron chi connectivity index (χ3n) is 4.14. The Kier molecular flexibility index (Phi) is 4.94. The summed E-state index contributed by atoms with van der Waals surface area (Å²) in [5, 5.41) is 11.4. The van der Waals surface area contributed by atoms with Crippen LogP contribution in [0, 0.1) is 11.8 Å². The Bertz CT molecular complexity index is 405. The Hall–Kier alpha value is -0.240. The highest BCUT2D eigenvalue weighted by molar-refractivity contribution is 6.42. The van der Waals surface area contributed by atoms with Crippen LogP contribution < -0.4 is 0 Å². The summed E-state index contributed by atoms with van der Waals surface area (Å²) in [7, 11) is 0. The Labute approximate surface area is 119 Å². The van der Waals surface area contributed by atoms with E-state index in [0.29, 0.717) is 16.0 Å². The zero-order chi connectivity index (χ0) is 13.1. The smallest absolute Gasteiger partial charge is 0.0624 e. The first-order chi connectivity index (χ1) is 8.61. The van der Waals surface area contributed by atoms with Crippen LogP contribution in [-0.4, -0.2) is 11.2 Å². The standard InChI is InChI=1S/C15H20Cl2O/c1-2-10-6-7-14(18)12(8-10)9-11-4-3-5-13(16)15(11)17/h3-5,10,12,14,18H,2,6-9H2,1H3. The molecule has 0 bridgehead atoms. The van der Waals surface area contributed by atoms with Gasteiger partial charge in [0.15, 0.2) is 0 Å². The summed E-state index contributed by atoms with van der Waals surface area (Å²) in [6.07, 6.45) is 5.01. The molecule has 0 aliphatic heterocycles. The van der Waals surface area contributed by atoms with E-state index < -0.39 is 0 Å². The Morgan fingerprint density at radius 2 is 2.06 bits per heavy atom. The maximum absolute atomic E-state index is 10.1. The first kappa shape index (κ1) is 14.2. The van der Waals surface area contributed by atoms with Gasteiger partial charge in [0.2, 0.25) is 0 Å². The normalized spacial score (nSPS) is 28.3. The summed E-state index contributed by atoms with van der Waals surface area (Å²) in [4.78, 5) is 0. The van der Waals surface area contributed by atoms with Crippen molar-refractivity contribution in [3.63, 3.8) is 0 Å². The van der Waals surface area contributed by atoms with Crippen molar-refractivity contribution in [2.24, 2.45) is 11.8 Å². The predicted octanol–water partition coefficient (Wildman–Crippen LogP) is 4.72. The fourth-order valence-electron chi connectivity index (χ4n) is 2.92. The van der Waals surface area contributed by atoms with Gasteiger partial charge in [-0.1, -0.05) is 48.7 Å². The molecule has 0 amide bonds. The van der Waals surface area contributed by atoms with Crippen molar-refractivity contribution in [1.29, 1.82) is 0 Å². The second-order valence-corrected chi connectivity index (χ2v) is 6.12. The van der Waals surface area contributed by atoms with Gasteiger partial charge in [0, 0.05) is 0 Å². The van der Waals surface area contributed by atoms with Gasteiger partial charge < -0.3 is 5.11 Å². The Balaban J connectivity index is 2.09. The minimum absolute atomic E-state index is 0.192. The lowest BCUT2D eigenvalue weighted by Crippen LogP contribution is -2.30. The van der Waals surface area contributed by atoms with Crippen LogP contribution in [0.2, 0.25) is 10.0 Å². The van der Waals surface area contributed by atoms with Crippen LogP contribution in [0.3, 0.4) is 0 Å². The summed E-state index contributed by atoms with van der Waals surface area (Å²) in [6, 6.07) is 5.74.